The van der Waals surface area contributed by atoms with Crippen molar-refractivity contribution in [3.63, 3.8) is 0 Å². The molecule has 1 aliphatic heterocycles. The van der Waals surface area contributed by atoms with E-state index in [-0.39, 0.29) is 11.3 Å². The van der Waals surface area contributed by atoms with Crippen molar-refractivity contribution in [3.8, 4) is 5.75 Å². The summed E-state index contributed by atoms with van der Waals surface area (Å²) in [5, 5.41) is 2.96. The second kappa shape index (κ2) is 8.31. The number of amides is 1. The first-order valence-electron chi connectivity index (χ1n) is 8.25. The minimum absolute atomic E-state index is 0.0520. The van der Waals surface area contributed by atoms with E-state index in [0.717, 1.165) is 44.2 Å². The Balaban J connectivity index is 1.76. The van der Waals surface area contributed by atoms with Crippen molar-refractivity contribution in [2.45, 2.75) is 27.3 Å². The quantitative estimate of drug-likeness (QED) is 0.872. The number of carbonyl (C=O) groups excluding carboxylic acids is 1. The molecule has 0 aliphatic carbocycles. The summed E-state index contributed by atoms with van der Waals surface area (Å²) in [6.07, 6.45) is 0. The number of benzene rings is 1. The van der Waals surface area contributed by atoms with Gasteiger partial charge in [-0.05, 0) is 17.7 Å². The van der Waals surface area contributed by atoms with Crippen LogP contribution in [0.4, 0.5) is 0 Å². The van der Waals surface area contributed by atoms with Crippen molar-refractivity contribution in [1.29, 1.82) is 0 Å². The number of morpholine rings is 1. The van der Waals surface area contributed by atoms with Gasteiger partial charge in [-0.25, -0.2) is 0 Å². The maximum atomic E-state index is 11.9. The molecule has 23 heavy (non-hydrogen) atoms. The van der Waals surface area contributed by atoms with Crippen molar-refractivity contribution in [2.24, 2.45) is 5.41 Å². The highest BCUT2D eigenvalue weighted by atomic mass is 16.5. The van der Waals surface area contributed by atoms with Crippen LogP contribution in [0.2, 0.25) is 0 Å². The van der Waals surface area contributed by atoms with Crippen LogP contribution in [0.1, 0.15) is 26.3 Å². The van der Waals surface area contributed by atoms with Crippen LogP contribution in [0.15, 0.2) is 24.3 Å². The van der Waals surface area contributed by atoms with E-state index in [2.05, 4.69) is 10.2 Å². The van der Waals surface area contributed by atoms with Crippen molar-refractivity contribution in [2.75, 3.05) is 39.5 Å². The van der Waals surface area contributed by atoms with Gasteiger partial charge in [-0.15, -0.1) is 0 Å². The molecule has 2 rings (SSSR count). The molecule has 1 aromatic carbocycles. The maximum Gasteiger partial charge on any atom is 0.225 e. The van der Waals surface area contributed by atoms with Crippen LogP contribution >= 0.6 is 0 Å². The third-order valence-corrected chi connectivity index (χ3v) is 3.81. The van der Waals surface area contributed by atoms with Crippen LogP contribution in [0.3, 0.4) is 0 Å². The van der Waals surface area contributed by atoms with Gasteiger partial charge in [-0.3, -0.25) is 9.69 Å². The van der Waals surface area contributed by atoms with E-state index in [9.17, 15) is 4.79 Å². The van der Waals surface area contributed by atoms with Gasteiger partial charge in [-0.2, -0.15) is 0 Å². The maximum absolute atomic E-state index is 11.9. The third kappa shape index (κ3) is 6.20. The number of hydrogen-bond acceptors (Lipinski definition) is 4. The fourth-order valence-corrected chi connectivity index (χ4v) is 2.31. The SMILES string of the molecule is CC(C)(C)C(=O)NCc1cccc(OCCN2CCOCC2)c1. The fourth-order valence-electron chi connectivity index (χ4n) is 2.31. The number of hydrogen-bond donors (Lipinski definition) is 1. The molecule has 0 spiro atoms. The molecule has 128 valence electrons. The summed E-state index contributed by atoms with van der Waals surface area (Å²) >= 11 is 0. The normalized spacial score (nSPS) is 16.1. The van der Waals surface area contributed by atoms with Gasteiger partial charge in [0.15, 0.2) is 0 Å². The van der Waals surface area contributed by atoms with E-state index in [1.54, 1.807) is 0 Å². The molecule has 5 nitrogen and oxygen atoms in total. The van der Waals surface area contributed by atoms with E-state index < -0.39 is 0 Å². The Kier molecular flexibility index (Phi) is 6.42. The second-order valence-electron chi connectivity index (χ2n) is 6.88. The molecule has 0 saturated carbocycles. The molecular formula is C18H28N2O3. The minimum atomic E-state index is -0.369. The smallest absolute Gasteiger partial charge is 0.225 e. The molecule has 1 heterocycles. The summed E-state index contributed by atoms with van der Waals surface area (Å²) in [4.78, 5) is 14.3. The third-order valence-electron chi connectivity index (χ3n) is 3.81. The molecule has 1 aliphatic rings. The topological polar surface area (TPSA) is 50.8 Å². The lowest BCUT2D eigenvalue weighted by Gasteiger charge is -2.26. The van der Waals surface area contributed by atoms with E-state index >= 15 is 0 Å². The Morgan fingerprint density at radius 3 is 2.74 bits per heavy atom. The van der Waals surface area contributed by atoms with Gasteiger partial charge >= 0.3 is 0 Å². The lowest BCUT2D eigenvalue weighted by molar-refractivity contribution is -0.128. The van der Waals surface area contributed by atoms with Gasteiger partial charge in [0.25, 0.3) is 0 Å². The van der Waals surface area contributed by atoms with Gasteiger partial charge < -0.3 is 14.8 Å². The number of nitrogens with zero attached hydrogens (tertiary/aromatic N) is 1. The van der Waals surface area contributed by atoms with E-state index in [4.69, 9.17) is 9.47 Å². The number of ether oxygens (including phenoxy) is 2. The van der Waals surface area contributed by atoms with Crippen LogP contribution in [0.5, 0.6) is 5.75 Å². The Hall–Kier alpha value is -1.59. The van der Waals surface area contributed by atoms with Gasteiger partial charge in [0, 0.05) is 31.6 Å². The first-order chi connectivity index (χ1) is 10.9. The predicted molar refractivity (Wildman–Crippen MR) is 90.5 cm³/mol. The van der Waals surface area contributed by atoms with Gasteiger partial charge in [0.2, 0.25) is 5.91 Å². The van der Waals surface area contributed by atoms with Crippen LogP contribution in [-0.4, -0.2) is 50.3 Å². The number of nitrogens with one attached hydrogen (secondary N) is 1. The molecule has 1 amide bonds. The van der Waals surface area contributed by atoms with Crippen LogP contribution < -0.4 is 10.1 Å². The van der Waals surface area contributed by atoms with Crippen LogP contribution in [0, 0.1) is 5.41 Å². The largest absolute Gasteiger partial charge is 0.492 e. The van der Waals surface area contributed by atoms with Crippen LogP contribution in [-0.2, 0) is 16.1 Å². The molecule has 1 N–H and O–H groups in total. The van der Waals surface area contributed by atoms with Crippen molar-refractivity contribution >= 4 is 5.91 Å². The zero-order chi connectivity index (χ0) is 16.7. The molecule has 5 heteroatoms. The van der Waals surface area contributed by atoms with Gasteiger partial charge in [0.05, 0.1) is 13.2 Å². The number of rotatable bonds is 6. The summed E-state index contributed by atoms with van der Waals surface area (Å²) < 4.78 is 11.2. The molecular weight excluding hydrogens is 292 g/mol. The lowest BCUT2D eigenvalue weighted by atomic mass is 9.95. The standard InChI is InChI=1S/C18H28N2O3/c1-18(2,3)17(21)19-14-15-5-4-6-16(13-15)23-12-9-20-7-10-22-11-8-20/h4-6,13H,7-12,14H2,1-3H3,(H,19,21). The van der Waals surface area contributed by atoms with Gasteiger partial charge in [0.1, 0.15) is 12.4 Å². The van der Waals surface area contributed by atoms with Crippen molar-refractivity contribution in [1.82, 2.24) is 10.2 Å². The van der Waals surface area contributed by atoms with E-state index in [1.807, 2.05) is 45.0 Å². The molecule has 0 radical (unpaired) electrons. The van der Waals surface area contributed by atoms with Gasteiger partial charge in [-0.1, -0.05) is 32.9 Å². The monoisotopic (exact) mass is 320 g/mol. The zero-order valence-corrected chi connectivity index (χ0v) is 14.4. The summed E-state index contributed by atoms with van der Waals surface area (Å²) in [6.45, 7) is 11.4. The molecule has 0 atom stereocenters. The Labute approximate surface area is 139 Å². The fraction of sp³-hybridized carbons (Fsp3) is 0.611. The highest BCUT2D eigenvalue weighted by molar-refractivity contribution is 5.81. The van der Waals surface area contributed by atoms with Crippen molar-refractivity contribution in [3.05, 3.63) is 29.8 Å². The Morgan fingerprint density at radius 1 is 1.30 bits per heavy atom. The molecule has 0 bridgehead atoms. The lowest BCUT2D eigenvalue weighted by Crippen LogP contribution is -2.38. The Bertz CT molecular complexity index is 505. The second-order valence-corrected chi connectivity index (χ2v) is 6.88. The molecule has 1 fully saturated rings. The first kappa shape index (κ1) is 17.8. The summed E-state index contributed by atoms with van der Waals surface area (Å²) in [5.74, 6) is 0.900. The van der Waals surface area contributed by atoms with Crippen LogP contribution in [0.25, 0.3) is 0 Å². The molecule has 0 unspecified atom stereocenters. The summed E-state index contributed by atoms with van der Waals surface area (Å²) in [5.41, 5.74) is 0.679. The first-order valence-corrected chi connectivity index (χ1v) is 8.25. The number of carbonyl (C=O) groups is 1. The highest BCUT2D eigenvalue weighted by Gasteiger charge is 2.20. The summed E-state index contributed by atoms with van der Waals surface area (Å²) in [7, 11) is 0. The predicted octanol–water partition coefficient (Wildman–Crippen LogP) is 2.06. The average molecular weight is 320 g/mol. The Morgan fingerprint density at radius 2 is 2.04 bits per heavy atom. The average Bonchev–Trinajstić information content (AvgIpc) is 2.53. The summed E-state index contributed by atoms with van der Waals surface area (Å²) in [6, 6.07) is 7.90. The van der Waals surface area contributed by atoms with Crippen molar-refractivity contribution < 1.29 is 14.3 Å². The highest BCUT2D eigenvalue weighted by Crippen LogP contribution is 2.15. The minimum Gasteiger partial charge on any atom is -0.492 e. The molecule has 1 saturated heterocycles. The molecule has 0 aromatic heterocycles. The molecule has 1 aromatic rings. The van der Waals surface area contributed by atoms with E-state index in [1.165, 1.54) is 0 Å². The zero-order valence-electron chi connectivity index (χ0n) is 14.4. The van der Waals surface area contributed by atoms with E-state index in [0.29, 0.717) is 13.2 Å².